The Morgan fingerprint density at radius 2 is 1.71 bits per heavy atom. The van der Waals surface area contributed by atoms with Crippen molar-refractivity contribution in [2.75, 3.05) is 30.3 Å². The fourth-order valence-corrected chi connectivity index (χ4v) is 4.71. The van der Waals surface area contributed by atoms with E-state index in [0.717, 1.165) is 48.5 Å². The second-order valence-electron chi connectivity index (χ2n) is 8.35. The lowest BCUT2D eigenvalue weighted by Gasteiger charge is -2.15. The van der Waals surface area contributed by atoms with E-state index in [1.165, 1.54) is 6.42 Å². The minimum atomic E-state index is -0.304. The largest absolute Gasteiger partial charge is 0.457 e. The van der Waals surface area contributed by atoms with Crippen LogP contribution in [0.3, 0.4) is 0 Å². The number of para-hydroxylation sites is 1. The van der Waals surface area contributed by atoms with E-state index >= 15 is 0 Å². The summed E-state index contributed by atoms with van der Waals surface area (Å²) in [7, 11) is 0. The zero-order valence-electron chi connectivity index (χ0n) is 18.7. The minimum absolute atomic E-state index is 0.304. The predicted molar refractivity (Wildman–Crippen MR) is 139 cm³/mol. The average Bonchev–Trinajstić information content (AvgIpc) is 3.45. The van der Waals surface area contributed by atoms with Gasteiger partial charge in [-0.15, -0.1) is 0 Å². The molecule has 3 aromatic carbocycles. The number of nitrogens with zero attached hydrogens (tertiary/aromatic N) is 3. The second kappa shape index (κ2) is 10.3. The van der Waals surface area contributed by atoms with Crippen LogP contribution in [-0.2, 0) is 6.54 Å². The van der Waals surface area contributed by atoms with Crippen molar-refractivity contribution >= 4 is 44.2 Å². The van der Waals surface area contributed by atoms with Gasteiger partial charge in [0.05, 0.1) is 18.3 Å². The van der Waals surface area contributed by atoms with Crippen LogP contribution in [0.4, 0.5) is 16.2 Å². The van der Waals surface area contributed by atoms with Crippen LogP contribution in [0, 0.1) is 0 Å². The molecule has 1 saturated heterocycles. The lowest BCUT2D eigenvalue weighted by atomic mass is 10.2. The SMILES string of the molecule is O=C(Nc1ccc(Oc2ccccc2)cc1)Nc1ccc2c(cnn2CCN2CCC(Br)C2)c1. The van der Waals surface area contributed by atoms with Crippen LogP contribution in [0.2, 0.25) is 0 Å². The number of nitrogens with one attached hydrogen (secondary N) is 2. The number of hydrogen-bond donors (Lipinski definition) is 2. The molecule has 1 atom stereocenters. The number of halogens is 1. The number of likely N-dealkylation sites (tertiary alicyclic amines) is 1. The number of hydrogen-bond acceptors (Lipinski definition) is 4. The molecular formula is C26H26BrN5O2. The first-order chi connectivity index (χ1) is 16.6. The number of benzene rings is 3. The van der Waals surface area contributed by atoms with Gasteiger partial charge in [0.15, 0.2) is 0 Å². The van der Waals surface area contributed by atoms with Gasteiger partial charge >= 0.3 is 6.03 Å². The molecule has 2 heterocycles. The molecule has 34 heavy (non-hydrogen) atoms. The van der Waals surface area contributed by atoms with E-state index in [-0.39, 0.29) is 6.03 Å². The Kier molecular flexibility index (Phi) is 6.78. The first-order valence-electron chi connectivity index (χ1n) is 11.4. The van der Waals surface area contributed by atoms with Crippen molar-refractivity contribution in [3.8, 4) is 11.5 Å². The van der Waals surface area contributed by atoms with E-state index in [1.807, 2.05) is 83.7 Å². The van der Waals surface area contributed by atoms with Crippen LogP contribution in [-0.4, -0.2) is 45.2 Å². The van der Waals surface area contributed by atoms with Crippen molar-refractivity contribution in [3.63, 3.8) is 0 Å². The normalized spacial score (nSPS) is 16.0. The average molecular weight is 520 g/mol. The van der Waals surface area contributed by atoms with E-state index in [9.17, 15) is 4.79 Å². The van der Waals surface area contributed by atoms with Crippen LogP contribution in [0.15, 0.2) is 79.0 Å². The monoisotopic (exact) mass is 519 g/mol. The molecular weight excluding hydrogens is 494 g/mol. The van der Waals surface area contributed by atoms with Gasteiger partial charge in [-0.25, -0.2) is 4.79 Å². The fourth-order valence-electron chi connectivity index (χ4n) is 4.09. The number of alkyl halides is 1. The molecule has 0 aliphatic carbocycles. The van der Waals surface area contributed by atoms with E-state index in [4.69, 9.17) is 4.74 Å². The maximum atomic E-state index is 12.5. The maximum Gasteiger partial charge on any atom is 0.323 e. The molecule has 1 aromatic heterocycles. The Morgan fingerprint density at radius 3 is 2.47 bits per heavy atom. The number of fused-ring (bicyclic) bond motifs is 1. The summed E-state index contributed by atoms with van der Waals surface area (Å²) in [4.78, 5) is 15.5. The molecule has 174 valence electrons. The molecule has 1 aliphatic rings. The van der Waals surface area contributed by atoms with Gasteiger partial charge in [-0.05, 0) is 67.6 Å². The summed E-state index contributed by atoms with van der Waals surface area (Å²) in [6.45, 7) is 4.04. The molecule has 4 aromatic rings. The highest BCUT2D eigenvalue weighted by molar-refractivity contribution is 9.09. The number of carbonyl (C=O) groups is 1. The molecule has 8 heteroatoms. The van der Waals surface area contributed by atoms with Crippen LogP contribution in [0.1, 0.15) is 6.42 Å². The molecule has 1 unspecified atom stereocenters. The highest BCUT2D eigenvalue weighted by Gasteiger charge is 2.19. The highest BCUT2D eigenvalue weighted by atomic mass is 79.9. The Hall–Kier alpha value is -3.36. The topological polar surface area (TPSA) is 71.4 Å². The van der Waals surface area contributed by atoms with Crippen LogP contribution in [0.5, 0.6) is 11.5 Å². The van der Waals surface area contributed by atoms with Gasteiger partial charge in [-0.1, -0.05) is 34.1 Å². The second-order valence-corrected chi connectivity index (χ2v) is 9.64. The molecule has 5 rings (SSSR count). The zero-order chi connectivity index (χ0) is 23.3. The summed E-state index contributed by atoms with van der Waals surface area (Å²) in [6.07, 6.45) is 3.05. The molecule has 1 fully saturated rings. The maximum absolute atomic E-state index is 12.5. The molecule has 2 amide bonds. The highest BCUT2D eigenvalue weighted by Crippen LogP contribution is 2.23. The molecule has 7 nitrogen and oxygen atoms in total. The van der Waals surface area contributed by atoms with Gasteiger partial charge < -0.3 is 20.3 Å². The molecule has 0 bridgehead atoms. The molecule has 0 radical (unpaired) electrons. The van der Waals surface area contributed by atoms with Gasteiger partial charge in [-0.3, -0.25) is 4.68 Å². The number of rotatable bonds is 7. The summed E-state index contributed by atoms with van der Waals surface area (Å²) in [6, 6.07) is 22.4. The van der Waals surface area contributed by atoms with E-state index in [0.29, 0.717) is 16.3 Å². The van der Waals surface area contributed by atoms with Crippen molar-refractivity contribution in [3.05, 3.63) is 79.0 Å². The predicted octanol–water partition coefficient (Wildman–Crippen LogP) is 5.94. The molecule has 1 aliphatic heterocycles. The van der Waals surface area contributed by atoms with E-state index in [2.05, 4.69) is 36.6 Å². The van der Waals surface area contributed by atoms with Crippen molar-refractivity contribution in [2.45, 2.75) is 17.8 Å². The summed E-state index contributed by atoms with van der Waals surface area (Å²) in [5.74, 6) is 1.47. The summed E-state index contributed by atoms with van der Waals surface area (Å²) in [5, 5.41) is 11.3. The summed E-state index contributed by atoms with van der Waals surface area (Å²) < 4.78 is 7.81. The number of carbonyl (C=O) groups excluding carboxylic acids is 1. The molecule has 0 saturated carbocycles. The minimum Gasteiger partial charge on any atom is -0.457 e. The van der Waals surface area contributed by atoms with E-state index < -0.39 is 0 Å². The Balaban J connectivity index is 1.16. The van der Waals surface area contributed by atoms with Crippen molar-refractivity contribution in [1.82, 2.24) is 14.7 Å². The van der Waals surface area contributed by atoms with Crippen LogP contribution < -0.4 is 15.4 Å². The standard InChI is InChI=1S/C26H26BrN5O2/c27-20-12-13-31(18-20)14-15-32-25-11-8-22(16-19(25)17-28-32)30-26(33)29-21-6-9-24(10-7-21)34-23-4-2-1-3-5-23/h1-11,16-17,20H,12-15,18H2,(H2,29,30,33). The van der Waals surface area contributed by atoms with Crippen LogP contribution in [0.25, 0.3) is 10.9 Å². The van der Waals surface area contributed by atoms with Gasteiger partial charge in [0.2, 0.25) is 0 Å². The van der Waals surface area contributed by atoms with Crippen molar-refractivity contribution in [1.29, 1.82) is 0 Å². The molecule has 2 N–H and O–H groups in total. The quantitative estimate of drug-likeness (QED) is 0.296. The Bertz CT molecular complexity index is 1260. The zero-order valence-corrected chi connectivity index (χ0v) is 20.2. The van der Waals surface area contributed by atoms with Crippen molar-refractivity contribution in [2.24, 2.45) is 0 Å². The summed E-state index contributed by atoms with van der Waals surface area (Å²) in [5.41, 5.74) is 2.46. The first-order valence-corrected chi connectivity index (χ1v) is 12.3. The first kappa shape index (κ1) is 22.4. The lowest BCUT2D eigenvalue weighted by molar-refractivity contribution is 0.262. The van der Waals surface area contributed by atoms with Gasteiger partial charge in [0, 0.05) is 34.7 Å². The number of ether oxygens (including phenoxy) is 1. The third kappa shape index (κ3) is 5.58. The third-order valence-corrected chi connectivity index (χ3v) is 6.58. The van der Waals surface area contributed by atoms with Crippen molar-refractivity contribution < 1.29 is 9.53 Å². The third-order valence-electron chi connectivity index (χ3n) is 5.83. The fraction of sp³-hybridized carbons (Fsp3) is 0.231. The smallest absolute Gasteiger partial charge is 0.323 e. The number of aromatic nitrogens is 2. The van der Waals surface area contributed by atoms with Crippen LogP contribution >= 0.6 is 15.9 Å². The van der Waals surface area contributed by atoms with E-state index in [1.54, 1.807) is 0 Å². The Labute approximate surface area is 206 Å². The van der Waals surface area contributed by atoms with Gasteiger partial charge in [0.25, 0.3) is 0 Å². The van der Waals surface area contributed by atoms with Gasteiger partial charge in [-0.2, -0.15) is 5.10 Å². The summed E-state index contributed by atoms with van der Waals surface area (Å²) >= 11 is 3.69. The van der Waals surface area contributed by atoms with Gasteiger partial charge in [0.1, 0.15) is 11.5 Å². The number of amides is 2. The molecule has 0 spiro atoms. The lowest BCUT2D eigenvalue weighted by Crippen LogP contribution is -2.25. The number of anilines is 2. The number of urea groups is 1. The Morgan fingerprint density at radius 1 is 0.971 bits per heavy atom.